The van der Waals surface area contributed by atoms with E-state index in [0.717, 1.165) is 12.1 Å². The van der Waals surface area contributed by atoms with Crippen molar-refractivity contribution >= 4 is 20.2 Å². The molecule has 13 heteroatoms. The Morgan fingerprint density at radius 2 is 1.12 bits per heavy atom. The van der Waals surface area contributed by atoms with Crippen molar-refractivity contribution in [3.05, 3.63) is 47.5 Å². The van der Waals surface area contributed by atoms with Crippen molar-refractivity contribution in [1.82, 2.24) is 15.1 Å². The number of phenolic OH excluding ortho intramolecular Hbond substituents is 2. The lowest BCUT2D eigenvalue weighted by Gasteiger charge is -2.26. The molecule has 1 heterocycles. The van der Waals surface area contributed by atoms with Crippen LogP contribution in [0.4, 0.5) is 0 Å². The number of phenols is 2. The van der Waals surface area contributed by atoms with E-state index in [0.29, 0.717) is 50.4 Å². The zero-order valence-electron chi connectivity index (χ0n) is 17.7. The molecular formula is C20H25N3O8S2-2. The van der Waals surface area contributed by atoms with E-state index >= 15 is 0 Å². The van der Waals surface area contributed by atoms with Crippen molar-refractivity contribution in [2.24, 2.45) is 0 Å². The van der Waals surface area contributed by atoms with Crippen molar-refractivity contribution in [2.75, 3.05) is 39.3 Å². The maximum absolute atomic E-state index is 11.3. The van der Waals surface area contributed by atoms with E-state index in [2.05, 4.69) is 5.32 Å². The summed E-state index contributed by atoms with van der Waals surface area (Å²) in [5.41, 5.74) is 0.618. The minimum Gasteiger partial charge on any atom is -0.744 e. The Morgan fingerprint density at radius 1 is 0.727 bits per heavy atom. The average molecular weight is 500 g/mol. The molecule has 1 aliphatic heterocycles. The summed E-state index contributed by atoms with van der Waals surface area (Å²) in [6, 6.07) is 6.82. The standard InChI is InChI=1S/C20H27N3O8S2/c24-19-3-1-17(32(26,27)28)11-15(19)13-22-7-5-21-6-8-23(10-9-22)14-16-12-18(33(29,30)31)2-4-20(16)25/h1-4,11-12,21,24-25H,5-10,13-14H2,(H,26,27,28)(H,29,30,31)/p-2. The van der Waals surface area contributed by atoms with Crippen LogP contribution in [0.2, 0.25) is 0 Å². The molecule has 0 radical (unpaired) electrons. The first-order valence-corrected chi connectivity index (χ1v) is 13.0. The summed E-state index contributed by atoms with van der Waals surface area (Å²) in [5, 5.41) is 23.5. The quantitative estimate of drug-likeness (QED) is 0.450. The fourth-order valence-electron chi connectivity index (χ4n) is 3.59. The Kier molecular flexibility index (Phi) is 7.95. The van der Waals surface area contributed by atoms with E-state index in [-0.39, 0.29) is 24.6 Å². The highest BCUT2D eigenvalue weighted by Crippen LogP contribution is 2.24. The fourth-order valence-corrected chi connectivity index (χ4v) is 4.63. The van der Waals surface area contributed by atoms with Gasteiger partial charge in [0, 0.05) is 63.5 Å². The van der Waals surface area contributed by atoms with E-state index < -0.39 is 30.0 Å². The highest BCUT2D eigenvalue weighted by molar-refractivity contribution is 7.86. The monoisotopic (exact) mass is 499 g/mol. The molecule has 0 atom stereocenters. The van der Waals surface area contributed by atoms with Crippen LogP contribution in [0, 0.1) is 0 Å². The van der Waals surface area contributed by atoms with Crippen LogP contribution >= 0.6 is 0 Å². The molecule has 0 saturated carbocycles. The van der Waals surface area contributed by atoms with Crippen LogP contribution in [0.1, 0.15) is 11.1 Å². The van der Waals surface area contributed by atoms with Gasteiger partial charge in [-0.2, -0.15) is 0 Å². The Morgan fingerprint density at radius 3 is 1.48 bits per heavy atom. The van der Waals surface area contributed by atoms with Crippen LogP contribution in [0.5, 0.6) is 11.5 Å². The van der Waals surface area contributed by atoms with E-state index in [1.54, 1.807) is 0 Å². The van der Waals surface area contributed by atoms with Gasteiger partial charge in [0.25, 0.3) is 0 Å². The van der Waals surface area contributed by atoms with Crippen LogP contribution in [-0.2, 0) is 33.3 Å². The number of hydrogen-bond acceptors (Lipinski definition) is 11. The minimum atomic E-state index is -4.65. The SMILES string of the molecule is O=S(=O)([O-])c1ccc(O)c(CN2CCNCCN(Cc3cc(S(=O)(=O)[O-])ccc3O)CC2)c1. The van der Waals surface area contributed by atoms with Gasteiger partial charge in [-0.15, -0.1) is 0 Å². The summed E-state index contributed by atoms with van der Waals surface area (Å²) >= 11 is 0. The number of rotatable bonds is 6. The summed E-state index contributed by atoms with van der Waals surface area (Å²) in [6.45, 7) is 3.88. The van der Waals surface area contributed by atoms with Gasteiger partial charge in [0.1, 0.15) is 31.7 Å². The zero-order chi connectivity index (χ0) is 24.2. The molecule has 0 spiro atoms. The van der Waals surface area contributed by atoms with Crippen LogP contribution in [0.3, 0.4) is 0 Å². The molecule has 2 aromatic rings. The summed E-state index contributed by atoms with van der Waals surface area (Å²) in [5.74, 6) is -0.236. The lowest BCUT2D eigenvalue weighted by molar-refractivity contribution is 0.206. The molecule has 0 aromatic heterocycles. The first-order valence-electron chi connectivity index (χ1n) is 10.1. The highest BCUT2D eigenvalue weighted by Gasteiger charge is 2.17. The van der Waals surface area contributed by atoms with Crippen molar-refractivity contribution in [3.8, 4) is 11.5 Å². The number of benzene rings is 2. The first-order chi connectivity index (χ1) is 15.4. The van der Waals surface area contributed by atoms with Crippen LogP contribution in [0.15, 0.2) is 46.2 Å². The van der Waals surface area contributed by atoms with E-state index in [1.807, 2.05) is 9.80 Å². The van der Waals surface area contributed by atoms with Gasteiger partial charge >= 0.3 is 0 Å². The topological polar surface area (TPSA) is 173 Å². The van der Waals surface area contributed by atoms with Gasteiger partial charge in [0.05, 0.1) is 9.79 Å². The second-order valence-corrected chi connectivity index (χ2v) is 10.6. The Labute approximate surface area is 192 Å². The van der Waals surface area contributed by atoms with Crippen molar-refractivity contribution in [2.45, 2.75) is 22.9 Å². The van der Waals surface area contributed by atoms with Crippen LogP contribution in [0.25, 0.3) is 0 Å². The molecular weight excluding hydrogens is 474 g/mol. The largest absolute Gasteiger partial charge is 0.744 e. The molecule has 1 aliphatic rings. The summed E-state index contributed by atoms with van der Waals surface area (Å²) in [6.07, 6.45) is 0. The van der Waals surface area contributed by atoms with Crippen LogP contribution in [-0.4, -0.2) is 85.2 Å². The first kappa shape index (κ1) is 25.4. The molecule has 3 rings (SSSR count). The normalized spacial score (nSPS) is 17.3. The minimum absolute atomic E-state index is 0.118. The smallest absolute Gasteiger partial charge is 0.124 e. The Hall–Kier alpha value is -2.26. The zero-order valence-corrected chi connectivity index (χ0v) is 19.3. The van der Waals surface area contributed by atoms with E-state index in [4.69, 9.17) is 0 Å². The van der Waals surface area contributed by atoms with Gasteiger partial charge in [-0.25, -0.2) is 16.8 Å². The number of aromatic hydroxyl groups is 2. The molecule has 0 unspecified atom stereocenters. The number of nitrogens with zero attached hydrogens (tertiary/aromatic N) is 2. The van der Waals surface area contributed by atoms with Gasteiger partial charge in [-0.1, -0.05) is 0 Å². The summed E-state index contributed by atoms with van der Waals surface area (Å²) in [7, 11) is -9.30. The molecule has 0 bridgehead atoms. The lowest BCUT2D eigenvalue weighted by atomic mass is 10.1. The summed E-state index contributed by atoms with van der Waals surface area (Å²) < 4.78 is 67.9. The molecule has 33 heavy (non-hydrogen) atoms. The average Bonchev–Trinajstić information content (AvgIpc) is 2.82. The third kappa shape index (κ3) is 7.11. The third-order valence-electron chi connectivity index (χ3n) is 5.41. The highest BCUT2D eigenvalue weighted by atomic mass is 32.2. The molecule has 1 fully saturated rings. The van der Waals surface area contributed by atoms with Crippen molar-refractivity contribution < 1.29 is 36.2 Å². The maximum atomic E-state index is 11.3. The predicted octanol–water partition coefficient (Wildman–Crippen LogP) is -0.187. The molecule has 2 aromatic carbocycles. The van der Waals surface area contributed by atoms with Gasteiger partial charge in [0.2, 0.25) is 0 Å². The molecule has 3 N–H and O–H groups in total. The second kappa shape index (κ2) is 10.3. The maximum Gasteiger partial charge on any atom is 0.124 e. The fraction of sp³-hybridized carbons (Fsp3) is 0.400. The van der Waals surface area contributed by atoms with Gasteiger partial charge < -0.3 is 24.6 Å². The number of nitrogens with one attached hydrogen (secondary N) is 1. The molecule has 1 saturated heterocycles. The molecule has 182 valence electrons. The third-order valence-corrected chi connectivity index (χ3v) is 7.07. The van der Waals surface area contributed by atoms with Crippen molar-refractivity contribution in [3.63, 3.8) is 0 Å². The second-order valence-electron chi connectivity index (χ2n) is 7.79. The van der Waals surface area contributed by atoms with Crippen molar-refractivity contribution in [1.29, 1.82) is 0 Å². The van der Waals surface area contributed by atoms with Gasteiger partial charge in [-0.05, 0) is 36.4 Å². The van der Waals surface area contributed by atoms with Gasteiger partial charge in [-0.3, -0.25) is 9.80 Å². The lowest BCUT2D eigenvalue weighted by Crippen LogP contribution is -2.35. The van der Waals surface area contributed by atoms with E-state index in [9.17, 15) is 36.2 Å². The Balaban J connectivity index is 1.74. The predicted molar refractivity (Wildman–Crippen MR) is 116 cm³/mol. The van der Waals surface area contributed by atoms with E-state index in [1.165, 1.54) is 24.3 Å². The molecule has 0 amide bonds. The summed E-state index contributed by atoms with van der Waals surface area (Å²) in [4.78, 5) is 3.12. The van der Waals surface area contributed by atoms with Gasteiger partial charge in [0.15, 0.2) is 0 Å². The Bertz CT molecular complexity index is 1110. The molecule has 11 nitrogen and oxygen atoms in total. The number of hydrogen-bond donors (Lipinski definition) is 3. The van der Waals surface area contributed by atoms with Crippen LogP contribution < -0.4 is 5.32 Å². The molecule has 0 aliphatic carbocycles.